The summed E-state index contributed by atoms with van der Waals surface area (Å²) in [6.45, 7) is 5.49. The number of nitrogens with zero attached hydrogens (tertiary/aromatic N) is 1. The zero-order valence-corrected chi connectivity index (χ0v) is 13.8. The fourth-order valence-electron chi connectivity index (χ4n) is 2.91. The maximum Gasteiger partial charge on any atom is 0.328 e. The molecule has 0 bridgehead atoms. The number of anilines is 1. The molecule has 0 atom stereocenters. The molecule has 0 amide bonds. The summed E-state index contributed by atoms with van der Waals surface area (Å²) in [5.41, 5.74) is 4.47. The average molecular weight is 336 g/mol. The normalized spacial score (nSPS) is 14.1. The molecule has 7 heteroatoms. The van der Waals surface area contributed by atoms with Gasteiger partial charge in [-0.25, -0.2) is 9.59 Å². The van der Waals surface area contributed by atoms with Gasteiger partial charge in [-0.3, -0.25) is 0 Å². The molecule has 5 N–H and O–H groups in total. The van der Waals surface area contributed by atoms with Gasteiger partial charge in [-0.05, 0) is 24.5 Å². The van der Waals surface area contributed by atoms with Crippen molar-refractivity contribution in [3.8, 4) is 5.75 Å². The van der Waals surface area contributed by atoms with Gasteiger partial charge in [0.2, 0.25) is 0 Å². The highest BCUT2D eigenvalue weighted by Crippen LogP contribution is 2.40. The minimum atomic E-state index is -1.26. The summed E-state index contributed by atoms with van der Waals surface area (Å²) in [6, 6.07) is 4.39. The molecule has 24 heavy (non-hydrogen) atoms. The summed E-state index contributed by atoms with van der Waals surface area (Å²) in [5.74, 6) is -1.39. The number of aliphatic carboxylic acids is 2. The molecule has 0 unspecified atom stereocenters. The number of ether oxygens (including phenoxy) is 1. The van der Waals surface area contributed by atoms with Crippen molar-refractivity contribution in [2.45, 2.75) is 26.2 Å². The van der Waals surface area contributed by atoms with Gasteiger partial charge in [0, 0.05) is 42.9 Å². The maximum atomic E-state index is 9.55. The van der Waals surface area contributed by atoms with Crippen LogP contribution in [-0.4, -0.2) is 41.8 Å². The molecule has 2 aliphatic rings. The van der Waals surface area contributed by atoms with Crippen LogP contribution in [0.3, 0.4) is 0 Å². The largest absolute Gasteiger partial charge is 0.493 e. The van der Waals surface area contributed by atoms with Gasteiger partial charge in [0.1, 0.15) is 5.75 Å². The van der Waals surface area contributed by atoms with E-state index in [4.69, 9.17) is 14.9 Å². The van der Waals surface area contributed by atoms with Crippen LogP contribution in [0, 0.1) is 0 Å². The summed E-state index contributed by atoms with van der Waals surface area (Å²) in [4.78, 5) is 21.6. The average Bonchev–Trinajstić information content (AvgIpc) is 3.12. The molecular formula is C17H24N2O5. The first kappa shape index (κ1) is 19.5. The molecule has 7 nitrogen and oxygen atoms in total. The van der Waals surface area contributed by atoms with Crippen molar-refractivity contribution in [1.29, 1.82) is 0 Å². The van der Waals surface area contributed by atoms with Gasteiger partial charge in [0.15, 0.2) is 0 Å². The topological polar surface area (TPSA) is 122 Å². The van der Waals surface area contributed by atoms with Crippen molar-refractivity contribution in [3.63, 3.8) is 0 Å². The Labute approximate surface area is 141 Å². The summed E-state index contributed by atoms with van der Waals surface area (Å²) < 4.78 is 5.62. The smallest absolute Gasteiger partial charge is 0.328 e. The third kappa shape index (κ3) is 4.73. The minimum absolute atomic E-state index is 0. The first-order chi connectivity index (χ1) is 11.0. The van der Waals surface area contributed by atoms with Crippen molar-refractivity contribution in [2.75, 3.05) is 24.6 Å². The molecule has 1 aromatic rings. The fourth-order valence-corrected chi connectivity index (χ4v) is 2.91. The number of hydrogen-bond acceptors (Lipinski definition) is 5. The lowest BCUT2D eigenvalue weighted by Crippen LogP contribution is -2.21. The van der Waals surface area contributed by atoms with E-state index in [1.54, 1.807) is 0 Å². The van der Waals surface area contributed by atoms with Gasteiger partial charge >= 0.3 is 11.9 Å². The van der Waals surface area contributed by atoms with Crippen LogP contribution in [0.5, 0.6) is 5.75 Å². The highest BCUT2D eigenvalue weighted by atomic mass is 16.5. The Balaban J connectivity index is 0.000000279. The molecule has 0 saturated heterocycles. The molecule has 0 fully saturated rings. The number of carboxylic acids is 2. The number of carbonyl (C=O) groups is 2. The van der Waals surface area contributed by atoms with E-state index in [0.29, 0.717) is 12.2 Å². The SMILES string of the molecule is CCCN1CCc2ccc3c(c21)CCO3.N.O=C(O)C=CC(=O)O. The Morgan fingerprint density at radius 2 is 1.88 bits per heavy atom. The molecular weight excluding hydrogens is 312 g/mol. The van der Waals surface area contributed by atoms with E-state index in [1.165, 1.54) is 42.7 Å². The van der Waals surface area contributed by atoms with E-state index < -0.39 is 11.9 Å². The standard InChI is InChI=1S/C13H17NO.C4H4O4.H3N/c1-2-7-14-8-5-10-3-4-12-11(13(10)14)6-9-15-12;5-3(6)1-2-4(7)8;/h3-4H,2,5-9H2,1H3;1-2H,(H,5,6)(H,7,8);1H3. The summed E-state index contributed by atoms with van der Waals surface area (Å²) in [5, 5.41) is 15.6. The minimum Gasteiger partial charge on any atom is -0.493 e. The molecule has 0 aromatic heterocycles. The van der Waals surface area contributed by atoms with Crippen molar-refractivity contribution in [1.82, 2.24) is 6.15 Å². The first-order valence-electron chi connectivity index (χ1n) is 7.69. The third-order valence-corrected chi connectivity index (χ3v) is 3.76. The number of carboxylic acid groups (broad SMARTS) is 2. The van der Waals surface area contributed by atoms with E-state index in [0.717, 1.165) is 18.8 Å². The molecule has 2 heterocycles. The van der Waals surface area contributed by atoms with Crippen LogP contribution >= 0.6 is 0 Å². The second-order valence-corrected chi connectivity index (χ2v) is 5.40. The summed E-state index contributed by atoms with van der Waals surface area (Å²) in [6.07, 6.45) is 4.65. The van der Waals surface area contributed by atoms with Gasteiger partial charge in [0.25, 0.3) is 0 Å². The Kier molecular flexibility index (Phi) is 7.26. The van der Waals surface area contributed by atoms with Crippen LogP contribution < -0.4 is 15.8 Å². The van der Waals surface area contributed by atoms with Crippen LogP contribution in [-0.2, 0) is 22.4 Å². The van der Waals surface area contributed by atoms with E-state index in [2.05, 4.69) is 24.0 Å². The fraction of sp³-hybridized carbons (Fsp3) is 0.412. The molecule has 0 radical (unpaired) electrons. The maximum absolute atomic E-state index is 9.55. The second kappa shape index (κ2) is 8.93. The highest BCUT2D eigenvalue weighted by molar-refractivity contribution is 5.89. The van der Waals surface area contributed by atoms with Gasteiger partial charge in [-0.2, -0.15) is 0 Å². The van der Waals surface area contributed by atoms with Crippen molar-refractivity contribution in [3.05, 3.63) is 35.4 Å². The molecule has 1 aromatic carbocycles. The predicted molar refractivity (Wildman–Crippen MR) is 91.3 cm³/mol. The van der Waals surface area contributed by atoms with Crippen LogP contribution in [0.1, 0.15) is 24.5 Å². The van der Waals surface area contributed by atoms with E-state index >= 15 is 0 Å². The quantitative estimate of drug-likeness (QED) is 0.721. The lowest BCUT2D eigenvalue weighted by atomic mass is 10.1. The van der Waals surface area contributed by atoms with Crippen molar-refractivity contribution >= 4 is 17.6 Å². The molecule has 132 valence electrons. The Morgan fingerprint density at radius 1 is 1.21 bits per heavy atom. The van der Waals surface area contributed by atoms with Gasteiger partial charge < -0.3 is 26.0 Å². The predicted octanol–water partition coefficient (Wildman–Crippen LogP) is 2.27. The number of benzene rings is 1. The monoisotopic (exact) mass is 336 g/mol. The Bertz CT molecular complexity index is 610. The van der Waals surface area contributed by atoms with E-state index in [9.17, 15) is 9.59 Å². The van der Waals surface area contributed by atoms with Gasteiger partial charge in [-0.1, -0.05) is 13.0 Å². The number of rotatable bonds is 4. The molecule has 0 spiro atoms. The van der Waals surface area contributed by atoms with E-state index in [1.807, 2.05) is 0 Å². The number of fused-ring (bicyclic) bond motifs is 3. The van der Waals surface area contributed by atoms with Crippen molar-refractivity contribution in [2.24, 2.45) is 0 Å². The third-order valence-electron chi connectivity index (χ3n) is 3.76. The van der Waals surface area contributed by atoms with Crippen LogP contribution in [0.25, 0.3) is 0 Å². The highest BCUT2D eigenvalue weighted by Gasteiger charge is 2.26. The first-order valence-corrected chi connectivity index (χ1v) is 7.69. The molecule has 3 rings (SSSR count). The van der Waals surface area contributed by atoms with Crippen LogP contribution in [0.15, 0.2) is 24.3 Å². The van der Waals surface area contributed by atoms with Crippen LogP contribution in [0.4, 0.5) is 5.69 Å². The van der Waals surface area contributed by atoms with Crippen LogP contribution in [0.2, 0.25) is 0 Å². The van der Waals surface area contributed by atoms with Gasteiger partial charge in [-0.15, -0.1) is 0 Å². The lowest BCUT2D eigenvalue weighted by molar-refractivity contribution is -0.134. The Hall–Kier alpha value is -2.54. The lowest BCUT2D eigenvalue weighted by Gasteiger charge is -2.20. The molecule has 2 aliphatic heterocycles. The molecule has 0 aliphatic carbocycles. The van der Waals surface area contributed by atoms with E-state index in [-0.39, 0.29) is 6.15 Å². The molecule has 0 saturated carbocycles. The zero-order valence-electron chi connectivity index (χ0n) is 13.8. The van der Waals surface area contributed by atoms with Gasteiger partial charge in [0.05, 0.1) is 6.61 Å². The second-order valence-electron chi connectivity index (χ2n) is 5.40. The zero-order chi connectivity index (χ0) is 16.8. The Morgan fingerprint density at radius 3 is 2.46 bits per heavy atom. The summed E-state index contributed by atoms with van der Waals surface area (Å²) >= 11 is 0. The van der Waals surface area contributed by atoms with Crippen molar-refractivity contribution < 1.29 is 24.5 Å². The number of hydrogen-bond donors (Lipinski definition) is 3. The summed E-state index contributed by atoms with van der Waals surface area (Å²) in [7, 11) is 0.